The van der Waals surface area contributed by atoms with E-state index in [1.54, 1.807) is 0 Å². The van der Waals surface area contributed by atoms with Crippen LogP contribution in [0, 0.1) is 5.41 Å². The summed E-state index contributed by atoms with van der Waals surface area (Å²) in [5, 5.41) is 0. The third kappa shape index (κ3) is 3.09. The largest absolute Gasteiger partial charge is 0.468 e. The summed E-state index contributed by atoms with van der Waals surface area (Å²) in [7, 11) is 2.67. The Balaban J connectivity index is 1.98. The lowest BCUT2D eigenvalue weighted by atomic mass is 9.78. The Labute approximate surface area is 148 Å². The van der Waals surface area contributed by atoms with Crippen molar-refractivity contribution < 1.29 is 19.1 Å². The van der Waals surface area contributed by atoms with Crippen LogP contribution in [0.5, 0.6) is 0 Å². The van der Waals surface area contributed by atoms with Crippen LogP contribution < -0.4 is 0 Å². The highest BCUT2D eigenvalue weighted by Gasteiger charge is 2.59. The van der Waals surface area contributed by atoms with Crippen molar-refractivity contribution in [3.05, 3.63) is 47.5 Å². The van der Waals surface area contributed by atoms with Gasteiger partial charge in [-0.05, 0) is 44.3 Å². The molecule has 3 rings (SSSR count). The van der Waals surface area contributed by atoms with Gasteiger partial charge in [0.1, 0.15) is 0 Å². The van der Waals surface area contributed by atoms with Crippen LogP contribution in [0.3, 0.4) is 0 Å². The predicted octanol–water partition coefficient (Wildman–Crippen LogP) is 2.36. The number of allylic oxidation sites excluding steroid dienone is 1. The first-order chi connectivity index (χ1) is 12.1. The number of benzene rings is 1. The van der Waals surface area contributed by atoms with Gasteiger partial charge in [-0.3, -0.25) is 14.5 Å². The lowest BCUT2D eigenvalue weighted by Crippen LogP contribution is -2.55. The molecular weight excluding hydrogens is 318 g/mol. The minimum absolute atomic E-state index is 0.296. The molecule has 1 atom stereocenters. The van der Waals surface area contributed by atoms with Crippen LogP contribution in [0.4, 0.5) is 0 Å². The first kappa shape index (κ1) is 17.7. The van der Waals surface area contributed by atoms with Crippen molar-refractivity contribution in [2.75, 3.05) is 27.3 Å². The molecule has 25 heavy (non-hydrogen) atoms. The summed E-state index contributed by atoms with van der Waals surface area (Å²) in [6.45, 7) is 1.76. The number of carbonyl (C=O) groups excluding carboxylic acids is 2. The fourth-order valence-electron chi connectivity index (χ4n) is 4.22. The third-order valence-corrected chi connectivity index (χ3v) is 5.36. The van der Waals surface area contributed by atoms with Crippen molar-refractivity contribution in [3.63, 3.8) is 0 Å². The zero-order valence-corrected chi connectivity index (χ0v) is 14.9. The summed E-state index contributed by atoms with van der Waals surface area (Å²) in [4.78, 5) is 27.7. The number of likely N-dealkylation sites (tertiary alicyclic amines) is 1. The van der Waals surface area contributed by atoms with Gasteiger partial charge in [-0.25, -0.2) is 0 Å². The zero-order valence-electron chi connectivity index (χ0n) is 14.9. The highest BCUT2D eigenvalue weighted by Crippen LogP contribution is 2.45. The fraction of sp³-hybridized carbons (Fsp3) is 0.500. The van der Waals surface area contributed by atoms with Crippen molar-refractivity contribution in [2.45, 2.75) is 31.7 Å². The summed E-state index contributed by atoms with van der Waals surface area (Å²) in [5.74, 6) is -1.01. The molecule has 0 N–H and O–H groups in total. The van der Waals surface area contributed by atoms with Gasteiger partial charge in [0.05, 0.1) is 20.3 Å². The quantitative estimate of drug-likeness (QED) is 0.467. The molecule has 0 aromatic heterocycles. The molecular formula is C20H25NO4. The fourth-order valence-corrected chi connectivity index (χ4v) is 4.22. The van der Waals surface area contributed by atoms with E-state index in [2.05, 4.69) is 17.0 Å². The van der Waals surface area contributed by atoms with E-state index in [0.717, 1.165) is 37.9 Å². The number of rotatable bonds is 5. The molecule has 1 aromatic carbocycles. The first-order valence-electron chi connectivity index (χ1n) is 8.77. The molecule has 0 radical (unpaired) electrons. The van der Waals surface area contributed by atoms with Crippen molar-refractivity contribution in [2.24, 2.45) is 5.41 Å². The Hall–Kier alpha value is -2.14. The van der Waals surface area contributed by atoms with Gasteiger partial charge in [0.25, 0.3) is 0 Å². The third-order valence-electron chi connectivity index (χ3n) is 5.36. The van der Waals surface area contributed by atoms with Gasteiger partial charge in [-0.1, -0.05) is 42.0 Å². The minimum atomic E-state index is -1.29. The van der Waals surface area contributed by atoms with Gasteiger partial charge in [-0.15, -0.1) is 0 Å². The average molecular weight is 343 g/mol. The van der Waals surface area contributed by atoms with Crippen LogP contribution >= 0.6 is 0 Å². The second-order valence-electron chi connectivity index (χ2n) is 6.75. The predicted molar refractivity (Wildman–Crippen MR) is 93.9 cm³/mol. The number of nitrogens with zero attached hydrogens (tertiary/aromatic N) is 1. The normalized spacial score (nSPS) is 22.5. The molecule has 1 fully saturated rings. The lowest BCUT2D eigenvalue weighted by Gasteiger charge is -2.37. The maximum Gasteiger partial charge on any atom is 0.325 e. The van der Waals surface area contributed by atoms with E-state index < -0.39 is 17.4 Å². The molecule has 1 unspecified atom stereocenters. The summed E-state index contributed by atoms with van der Waals surface area (Å²) < 4.78 is 10.1. The highest BCUT2D eigenvalue weighted by atomic mass is 16.5. The van der Waals surface area contributed by atoms with Gasteiger partial charge in [0, 0.05) is 0 Å². The van der Waals surface area contributed by atoms with Crippen molar-refractivity contribution >= 4 is 11.9 Å². The molecule has 1 aliphatic carbocycles. The van der Waals surface area contributed by atoms with Crippen LogP contribution in [0.1, 0.15) is 24.8 Å². The van der Waals surface area contributed by atoms with E-state index in [9.17, 15) is 9.59 Å². The number of carbonyl (C=O) groups is 2. The van der Waals surface area contributed by atoms with Gasteiger partial charge >= 0.3 is 11.9 Å². The van der Waals surface area contributed by atoms with E-state index in [0.29, 0.717) is 6.42 Å². The Morgan fingerprint density at radius 3 is 2.24 bits per heavy atom. The number of ether oxygens (including phenoxy) is 2. The molecule has 2 aliphatic rings. The van der Waals surface area contributed by atoms with E-state index in [4.69, 9.17) is 9.47 Å². The van der Waals surface area contributed by atoms with Crippen molar-refractivity contribution in [1.29, 1.82) is 0 Å². The molecule has 1 heterocycles. The summed E-state index contributed by atoms with van der Waals surface area (Å²) in [6, 6.07) is 9.83. The second kappa shape index (κ2) is 7.40. The van der Waals surface area contributed by atoms with Gasteiger partial charge < -0.3 is 9.47 Å². The lowest BCUT2D eigenvalue weighted by molar-refractivity contribution is -0.172. The summed E-state index contributed by atoms with van der Waals surface area (Å²) >= 11 is 0. The topological polar surface area (TPSA) is 55.8 Å². The highest BCUT2D eigenvalue weighted by molar-refractivity contribution is 6.02. The summed E-state index contributed by atoms with van der Waals surface area (Å²) in [6.07, 6.45) is 5.23. The van der Waals surface area contributed by atoms with E-state index >= 15 is 0 Å². The standard InChI is InChI=1S/C20H25NO4/c1-24-18(22)20(19(23)25-2)11-10-16(14-15-8-4-3-5-9-15)17(20)21-12-6-7-13-21/h3-5,8-10,17H,6-7,11-14H2,1-2H3. The molecule has 5 heteroatoms. The average Bonchev–Trinajstić information content (AvgIpc) is 3.29. The van der Waals surface area contributed by atoms with Gasteiger partial charge in [-0.2, -0.15) is 0 Å². The van der Waals surface area contributed by atoms with Crippen LogP contribution in [-0.4, -0.2) is 50.2 Å². The molecule has 0 amide bonds. The van der Waals surface area contributed by atoms with Gasteiger partial charge in [0.15, 0.2) is 5.41 Å². The van der Waals surface area contributed by atoms with Crippen LogP contribution in [0.2, 0.25) is 0 Å². The second-order valence-corrected chi connectivity index (χ2v) is 6.75. The Kier molecular flexibility index (Phi) is 5.23. The van der Waals surface area contributed by atoms with Crippen LogP contribution in [-0.2, 0) is 25.5 Å². The van der Waals surface area contributed by atoms with Crippen LogP contribution in [0.25, 0.3) is 0 Å². The maximum atomic E-state index is 12.7. The van der Waals surface area contributed by atoms with Gasteiger partial charge in [0.2, 0.25) is 0 Å². The van der Waals surface area contributed by atoms with E-state index in [-0.39, 0.29) is 6.04 Å². The molecule has 5 nitrogen and oxygen atoms in total. The van der Waals surface area contributed by atoms with E-state index in [1.807, 2.05) is 24.3 Å². The van der Waals surface area contributed by atoms with Crippen molar-refractivity contribution in [1.82, 2.24) is 4.90 Å². The Morgan fingerprint density at radius 2 is 1.68 bits per heavy atom. The smallest absolute Gasteiger partial charge is 0.325 e. The number of hydrogen-bond donors (Lipinski definition) is 0. The SMILES string of the molecule is COC(=O)C1(C(=O)OC)CC=C(Cc2ccccc2)C1N1CCCC1. The Morgan fingerprint density at radius 1 is 1.08 bits per heavy atom. The van der Waals surface area contributed by atoms with Crippen molar-refractivity contribution in [3.8, 4) is 0 Å². The Bertz CT molecular complexity index is 646. The number of hydrogen-bond acceptors (Lipinski definition) is 5. The first-order valence-corrected chi connectivity index (χ1v) is 8.77. The molecule has 0 saturated carbocycles. The number of methoxy groups -OCH3 is 2. The number of esters is 2. The summed E-state index contributed by atoms with van der Waals surface area (Å²) in [5.41, 5.74) is 0.977. The molecule has 134 valence electrons. The molecule has 0 spiro atoms. The zero-order chi connectivity index (χ0) is 17.9. The monoisotopic (exact) mass is 343 g/mol. The maximum absolute atomic E-state index is 12.7. The molecule has 1 saturated heterocycles. The molecule has 1 aliphatic heterocycles. The van der Waals surface area contributed by atoms with Crippen LogP contribution in [0.15, 0.2) is 42.0 Å². The molecule has 0 bridgehead atoms. The minimum Gasteiger partial charge on any atom is -0.468 e. The van der Waals surface area contributed by atoms with E-state index in [1.165, 1.54) is 19.8 Å². The molecule has 1 aromatic rings.